The molecule has 3 unspecified atom stereocenters. The Bertz CT molecular complexity index is 305. The number of amides is 1. The molecule has 0 aromatic rings. The minimum absolute atomic E-state index is 0.270. The van der Waals surface area contributed by atoms with E-state index in [0.29, 0.717) is 17.7 Å². The van der Waals surface area contributed by atoms with Crippen LogP contribution in [-0.4, -0.2) is 37.1 Å². The molecule has 1 amide bonds. The summed E-state index contributed by atoms with van der Waals surface area (Å²) in [6.07, 6.45) is 7.63. The van der Waals surface area contributed by atoms with Gasteiger partial charge in [0.25, 0.3) is 0 Å². The van der Waals surface area contributed by atoms with Crippen molar-refractivity contribution in [3.05, 3.63) is 0 Å². The third-order valence-electron chi connectivity index (χ3n) is 5.08. The van der Waals surface area contributed by atoms with Crippen LogP contribution in [-0.2, 0) is 9.53 Å². The van der Waals surface area contributed by atoms with Gasteiger partial charge in [-0.25, -0.2) is 0 Å². The SMILES string of the molecule is CO[C@H]1CCCN(C(=O)C2CC3CCC2C3)C1. The molecule has 0 radical (unpaired) electrons. The number of fused-ring (bicyclic) bond motifs is 2. The first-order valence-corrected chi connectivity index (χ1v) is 7.09. The van der Waals surface area contributed by atoms with Crippen LogP contribution < -0.4 is 0 Å². The first kappa shape index (κ1) is 11.5. The number of carbonyl (C=O) groups excluding carboxylic acids is 1. The molecule has 3 rings (SSSR count). The first-order chi connectivity index (χ1) is 8.28. The van der Waals surface area contributed by atoms with Gasteiger partial charge in [-0.2, -0.15) is 0 Å². The number of hydrogen-bond acceptors (Lipinski definition) is 2. The van der Waals surface area contributed by atoms with E-state index in [-0.39, 0.29) is 6.10 Å². The van der Waals surface area contributed by atoms with Crippen LogP contribution in [0.2, 0.25) is 0 Å². The number of likely N-dealkylation sites (tertiary alicyclic amines) is 1. The third kappa shape index (κ3) is 2.10. The molecule has 3 nitrogen and oxygen atoms in total. The summed E-state index contributed by atoms with van der Waals surface area (Å²) in [6, 6.07) is 0. The molecule has 0 spiro atoms. The Labute approximate surface area is 104 Å². The molecule has 2 bridgehead atoms. The fraction of sp³-hybridized carbons (Fsp3) is 0.929. The zero-order chi connectivity index (χ0) is 11.8. The summed E-state index contributed by atoms with van der Waals surface area (Å²) < 4.78 is 5.40. The van der Waals surface area contributed by atoms with Crippen LogP contribution in [0.15, 0.2) is 0 Å². The van der Waals surface area contributed by atoms with Crippen molar-refractivity contribution in [1.82, 2.24) is 4.90 Å². The summed E-state index contributed by atoms with van der Waals surface area (Å²) in [6.45, 7) is 1.77. The van der Waals surface area contributed by atoms with E-state index in [1.807, 2.05) is 0 Å². The monoisotopic (exact) mass is 237 g/mol. The lowest BCUT2D eigenvalue weighted by molar-refractivity contribution is -0.140. The van der Waals surface area contributed by atoms with E-state index in [0.717, 1.165) is 38.3 Å². The molecule has 0 N–H and O–H groups in total. The van der Waals surface area contributed by atoms with Crippen LogP contribution in [0.1, 0.15) is 38.5 Å². The van der Waals surface area contributed by atoms with E-state index >= 15 is 0 Å². The third-order valence-corrected chi connectivity index (χ3v) is 5.08. The summed E-state index contributed by atoms with van der Waals surface area (Å²) in [5, 5.41) is 0. The topological polar surface area (TPSA) is 29.5 Å². The van der Waals surface area contributed by atoms with Crippen LogP contribution in [0, 0.1) is 17.8 Å². The lowest BCUT2D eigenvalue weighted by Gasteiger charge is -2.35. The first-order valence-electron chi connectivity index (χ1n) is 7.09. The quantitative estimate of drug-likeness (QED) is 0.735. The number of carbonyl (C=O) groups is 1. The van der Waals surface area contributed by atoms with Crippen molar-refractivity contribution in [2.75, 3.05) is 20.2 Å². The Morgan fingerprint density at radius 1 is 1.24 bits per heavy atom. The maximum absolute atomic E-state index is 12.5. The molecule has 0 aromatic heterocycles. The number of ether oxygens (including phenoxy) is 1. The Balaban J connectivity index is 1.62. The van der Waals surface area contributed by atoms with Gasteiger partial charge in [-0.1, -0.05) is 6.42 Å². The van der Waals surface area contributed by atoms with Crippen molar-refractivity contribution in [2.24, 2.45) is 17.8 Å². The van der Waals surface area contributed by atoms with Gasteiger partial charge in [0.1, 0.15) is 0 Å². The van der Waals surface area contributed by atoms with Crippen molar-refractivity contribution in [2.45, 2.75) is 44.6 Å². The Kier molecular flexibility index (Phi) is 3.12. The van der Waals surface area contributed by atoms with E-state index in [1.54, 1.807) is 7.11 Å². The van der Waals surface area contributed by atoms with Gasteiger partial charge in [0, 0.05) is 26.1 Å². The van der Waals surface area contributed by atoms with Gasteiger partial charge >= 0.3 is 0 Å². The summed E-state index contributed by atoms with van der Waals surface area (Å²) >= 11 is 0. The number of nitrogens with zero attached hydrogens (tertiary/aromatic N) is 1. The molecule has 3 aliphatic rings. The molecule has 2 saturated carbocycles. The predicted octanol–water partition coefficient (Wildman–Crippen LogP) is 2.06. The highest BCUT2D eigenvalue weighted by Gasteiger charge is 2.44. The molecule has 3 fully saturated rings. The second-order valence-corrected chi connectivity index (χ2v) is 6.07. The Morgan fingerprint density at radius 3 is 2.76 bits per heavy atom. The molecule has 2 aliphatic carbocycles. The smallest absolute Gasteiger partial charge is 0.226 e. The Hall–Kier alpha value is -0.570. The fourth-order valence-corrected chi connectivity index (χ4v) is 4.11. The van der Waals surface area contributed by atoms with Crippen LogP contribution in [0.5, 0.6) is 0 Å². The highest BCUT2D eigenvalue weighted by atomic mass is 16.5. The van der Waals surface area contributed by atoms with E-state index in [1.165, 1.54) is 19.3 Å². The van der Waals surface area contributed by atoms with E-state index in [2.05, 4.69) is 4.90 Å². The standard InChI is InChI=1S/C14H23NO2/c1-17-12-3-2-6-15(9-12)14(16)13-8-10-4-5-11(13)7-10/h10-13H,2-9H2,1H3/t10?,11?,12-,13?/m0/s1. The van der Waals surface area contributed by atoms with Crippen LogP contribution in [0.25, 0.3) is 0 Å². The van der Waals surface area contributed by atoms with Crippen LogP contribution >= 0.6 is 0 Å². The van der Waals surface area contributed by atoms with Gasteiger partial charge in [0.15, 0.2) is 0 Å². The molecule has 3 heteroatoms. The minimum Gasteiger partial charge on any atom is -0.380 e. The zero-order valence-corrected chi connectivity index (χ0v) is 10.7. The van der Waals surface area contributed by atoms with Gasteiger partial charge in [-0.3, -0.25) is 4.79 Å². The van der Waals surface area contributed by atoms with E-state index in [4.69, 9.17) is 4.74 Å². The second-order valence-electron chi connectivity index (χ2n) is 6.07. The summed E-state index contributed by atoms with van der Waals surface area (Å²) in [4.78, 5) is 14.6. The maximum Gasteiger partial charge on any atom is 0.226 e. The van der Waals surface area contributed by atoms with Crippen molar-refractivity contribution >= 4 is 5.91 Å². The molecular weight excluding hydrogens is 214 g/mol. The van der Waals surface area contributed by atoms with Gasteiger partial charge in [0.2, 0.25) is 5.91 Å². The van der Waals surface area contributed by atoms with Crippen LogP contribution in [0.4, 0.5) is 0 Å². The zero-order valence-electron chi connectivity index (χ0n) is 10.7. The summed E-state index contributed by atoms with van der Waals surface area (Å²) in [5.74, 6) is 2.34. The normalized spacial score (nSPS) is 40.9. The molecular formula is C14H23NO2. The van der Waals surface area contributed by atoms with Gasteiger partial charge in [-0.05, 0) is 43.9 Å². The molecule has 1 heterocycles. The second kappa shape index (κ2) is 4.60. The van der Waals surface area contributed by atoms with Crippen molar-refractivity contribution in [3.63, 3.8) is 0 Å². The van der Waals surface area contributed by atoms with Crippen molar-refractivity contribution in [1.29, 1.82) is 0 Å². The minimum atomic E-state index is 0.270. The highest BCUT2D eigenvalue weighted by Crippen LogP contribution is 2.49. The Morgan fingerprint density at radius 2 is 2.12 bits per heavy atom. The highest BCUT2D eigenvalue weighted by molar-refractivity contribution is 5.79. The lowest BCUT2D eigenvalue weighted by atomic mass is 9.87. The summed E-state index contributed by atoms with van der Waals surface area (Å²) in [7, 11) is 1.76. The number of rotatable bonds is 2. The molecule has 4 atom stereocenters. The van der Waals surface area contributed by atoms with Gasteiger partial charge < -0.3 is 9.64 Å². The van der Waals surface area contributed by atoms with Gasteiger partial charge in [-0.15, -0.1) is 0 Å². The fourth-order valence-electron chi connectivity index (χ4n) is 4.11. The van der Waals surface area contributed by atoms with Crippen LogP contribution in [0.3, 0.4) is 0 Å². The number of methoxy groups -OCH3 is 1. The van der Waals surface area contributed by atoms with E-state index in [9.17, 15) is 4.79 Å². The molecule has 0 aromatic carbocycles. The number of piperidine rings is 1. The van der Waals surface area contributed by atoms with Crippen molar-refractivity contribution in [3.8, 4) is 0 Å². The van der Waals surface area contributed by atoms with Crippen molar-refractivity contribution < 1.29 is 9.53 Å². The molecule has 1 aliphatic heterocycles. The predicted molar refractivity (Wildman–Crippen MR) is 65.5 cm³/mol. The van der Waals surface area contributed by atoms with E-state index < -0.39 is 0 Å². The largest absolute Gasteiger partial charge is 0.380 e. The number of hydrogen-bond donors (Lipinski definition) is 0. The lowest BCUT2D eigenvalue weighted by Crippen LogP contribution is -2.46. The average Bonchev–Trinajstić information content (AvgIpc) is 3.00. The van der Waals surface area contributed by atoms with Gasteiger partial charge in [0.05, 0.1) is 6.10 Å². The molecule has 1 saturated heterocycles. The maximum atomic E-state index is 12.5. The molecule has 17 heavy (non-hydrogen) atoms. The average molecular weight is 237 g/mol. The summed E-state index contributed by atoms with van der Waals surface area (Å²) in [5.41, 5.74) is 0. The molecule has 96 valence electrons.